The standard InChI is InChI=1S/C13H12BrF2N3O/c1-13(17,6-2-3-6)12-18-11(19-20-12)7-4-5-8(15)10(16)9(7)14/h4-6H,2-3,17H2,1H3. The van der Waals surface area contributed by atoms with Gasteiger partial charge in [0.05, 0.1) is 10.0 Å². The molecule has 1 aromatic carbocycles. The summed E-state index contributed by atoms with van der Waals surface area (Å²) in [5.74, 6) is -1.10. The van der Waals surface area contributed by atoms with Crippen molar-refractivity contribution >= 4 is 15.9 Å². The van der Waals surface area contributed by atoms with E-state index < -0.39 is 17.2 Å². The van der Waals surface area contributed by atoms with Gasteiger partial charge >= 0.3 is 0 Å². The van der Waals surface area contributed by atoms with Crippen molar-refractivity contribution in [1.29, 1.82) is 0 Å². The zero-order chi connectivity index (χ0) is 14.5. The molecule has 7 heteroatoms. The number of hydrogen-bond donors (Lipinski definition) is 1. The van der Waals surface area contributed by atoms with Crippen LogP contribution in [0.25, 0.3) is 11.4 Å². The van der Waals surface area contributed by atoms with Crippen LogP contribution in [0.5, 0.6) is 0 Å². The van der Waals surface area contributed by atoms with E-state index in [-0.39, 0.29) is 10.3 Å². The van der Waals surface area contributed by atoms with Gasteiger partial charge in [-0.1, -0.05) is 5.16 Å². The van der Waals surface area contributed by atoms with Gasteiger partial charge in [0.1, 0.15) is 0 Å². The molecule has 0 bridgehead atoms. The molecule has 106 valence electrons. The summed E-state index contributed by atoms with van der Waals surface area (Å²) < 4.78 is 31.8. The average molecular weight is 344 g/mol. The molecular weight excluding hydrogens is 332 g/mol. The number of rotatable bonds is 3. The van der Waals surface area contributed by atoms with Crippen molar-refractivity contribution in [3.8, 4) is 11.4 Å². The molecule has 1 aliphatic carbocycles. The monoisotopic (exact) mass is 343 g/mol. The maximum atomic E-state index is 13.5. The molecule has 1 aliphatic rings. The molecule has 0 spiro atoms. The maximum Gasteiger partial charge on any atom is 0.247 e. The van der Waals surface area contributed by atoms with Gasteiger partial charge in [0.15, 0.2) is 11.6 Å². The fourth-order valence-electron chi connectivity index (χ4n) is 2.11. The van der Waals surface area contributed by atoms with E-state index in [0.29, 0.717) is 17.4 Å². The van der Waals surface area contributed by atoms with Gasteiger partial charge in [-0.2, -0.15) is 4.98 Å². The third-order valence-corrected chi connectivity index (χ3v) is 4.36. The van der Waals surface area contributed by atoms with E-state index in [2.05, 4.69) is 26.1 Å². The largest absolute Gasteiger partial charge is 0.337 e. The third-order valence-electron chi connectivity index (χ3n) is 3.59. The zero-order valence-electron chi connectivity index (χ0n) is 10.7. The van der Waals surface area contributed by atoms with E-state index in [9.17, 15) is 8.78 Å². The minimum Gasteiger partial charge on any atom is -0.337 e. The van der Waals surface area contributed by atoms with Crippen molar-refractivity contribution in [3.63, 3.8) is 0 Å². The molecule has 2 N–H and O–H groups in total. The SMILES string of the molecule is CC(N)(c1nc(-c2ccc(F)c(F)c2Br)no1)C1CC1. The van der Waals surface area contributed by atoms with Crippen LogP contribution in [0.2, 0.25) is 0 Å². The van der Waals surface area contributed by atoms with Crippen molar-refractivity contribution < 1.29 is 13.3 Å². The second-order valence-corrected chi connectivity index (χ2v) is 6.00. The highest BCUT2D eigenvalue weighted by atomic mass is 79.9. The molecule has 2 aromatic rings. The molecule has 3 rings (SSSR count). The Labute approximate surface area is 122 Å². The van der Waals surface area contributed by atoms with Crippen molar-refractivity contribution in [2.24, 2.45) is 11.7 Å². The van der Waals surface area contributed by atoms with Gasteiger partial charge in [-0.05, 0) is 53.7 Å². The summed E-state index contributed by atoms with van der Waals surface area (Å²) in [4.78, 5) is 4.22. The summed E-state index contributed by atoms with van der Waals surface area (Å²) in [5, 5.41) is 3.81. The van der Waals surface area contributed by atoms with E-state index in [1.165, 1.54) is 6.07 Å². The normalized spacial score (nSPS) is 18.1. The summed E-state index contributed by atoms with van der Waals surface area (Å²) in [6, 6.07) is 2.41. The number of nitrogens with zero attached hydrogens (tertiary/aromatic N) is 2. The summed E-state index contributed by atoms with van der Waals surface area (Å²) in [6.07, 6.45) is 2.05. The van der Waals surface area contributed by atoms with Crippen LogP contribution in [0.15, 0.2) is 21.1 Å². The number of halogens is 3. The number of benzene rings is 1. The van der Waals surface area contributed by atoms with Crippen LogP contribution >= 0.6 is 15.9 Å². The summed E-state index contributed by atoms with van der Waals surface area (Å²) in [6.45, 7) is 1.84. The van der Waals surface area contributed by atoms with E-state index >= 15 is 0 Å². The fourth-order valence-corrected chi connectivity index (χ4v) is 2.61. The quantitative estimate of drug-likeness (QED) is 0.868. The van der Waals surface area contributed by atoms with Crippen LogP contribution in [0, 0.1) is 17.6 Å². The first kappa shape index (κ1) is 13.6. The van der Waals surface area contributed by atoms with Crippen molar-refractivity contribution in [2.75, 3.05) is 0 Å². The van der Waals surface area contributed by atoms with Crippen molar-refractivity contribution in [2.45, 2.75) is 25.3 Å². The number of hydrogen-bond acceptors (Lipinski definition) is 4. The molecule has 0 aliphatic heterocycles. The predicted molar refractivity (Wildman–Crippen MR) is 71.6 cm³/mol. The topological polar surface area (TPSA) is 64.9 Å². The van der Waals surface area contributed by atoms with E-state index in [0.717, 1.165) is 18.9 Å². The van der Waals surface area contributed by atoms with E-state index in [1.54, 1.807) is 0 Å². The van der Waals surface area contributed by atoms with Crippen LogP contribution < -0.4 is 5.73 Å². The molecule has 4 nitrogen and oxygen atoms in total. The Balaban J connectivity index is 2.00. The molecule has 0 saturated heterocycles. The molecule has 0 radical (unpaired) electrons. The van der Waals surface area contributed by atoms with Gasteiger partial charge in [0.2, 0.25) is 11.7 Å². The highest BCUT2D eigenvalue weighted by Crippen LogP contribution is 2.43. The second kappa shape index (κ2) is 4.60. The third kappa shape index (κ3) is 2.14. The molecule has 1 fully saturated rings. The average Bonchev–Trinajstić information content (AvgIpc) is 3.15. The van der Waals surface area contributed by atoms with Crippen LogP contribution in [-0.4, -0.2) is 10.1 Å². The Morgan fingerprint density at radius 1 is 1.40 bits per heavy atom. The van der Waals surface area contributed by atoms with Crippen molar-refractivity contribution in [3.05, 3.63) is 34.1 Å². The minimum absolute atomic E-state index is 0.0324. The lowest BCUT2D eigenvalue weighted by Crippen LogP contribution is -2.35. The Morgan fingerprint density at radius 3 is 2.75 bits per heavy atom. The highest BCUT2D eigenvalue weighted by molar-refractivity contribution is 9.10. The Bertz CT molecular complexity index is 668. The Morgan fingerprint density at radius 2 is 2.10 bits per heavy atom. The Hall–Kier alpha value is -1.34. The van der Waals surface area contributed by atoms with E-state index in [4.69, 9.17) is 10.3 Å². The smallest absolute Gasteiger partial charge is 0.247 e. The van der Waals surface area contributed by atoms with Crippen LogP contribution in [0.1, 0.15) is 25.7 Å². The molecule has 1 unspecified atom stereocenters. The maximum absolute atomic E-state index is 13.5. The van der Waals surface area contributed by atoms with Crippen LogP contribution in [-0.2, 0) is 5.54 Å². The molecule has 1 saturated carbocycles. The molecule has 0 amide bonds. The molecule has 1 atom stereocenters. The highest BCUT2D eigenvalue weighted by Gasteiger charge is 2.44. The van der Waals surface area contributed by atoms with Gasteiger partial charge < -0.3 is 10.3 Å². The first-order valence-corrected chi connectivity index (χ1v) is 6.97. The van der Waals surface area contributed by atoms with Gasteiger partial charge in [-0.25, -0.2) is 8.78 Å². The summed E-state index contributed by atoms with van der Waals surface area (Å²) in [5.41, 5.74) is 5.83. The zero-order valence-corrected chi connectivity index (χ0v) is 12.2. The predicted octanol–water partition coefficient (Wildman–Crippen LogP) is 3.36. The van der Waals surface area contributed by atoms with Gasteiger partial charge in [0, 0.05) is 5.56 Å². The van der Waals surface area contributed by atoms with Crippen LogP contribution in [0.4, 0.5) is 8.78 Å². The number of nitrogens with two attached hydrogens (primary N) is 1. The van der Waals surface area contributed by atoms with Gasteiger partial charge in [0.25, 0.3) is 0 Å². The summed E-state index contributed by atoms with van der Waals surface area (Å²) >= 11 is 3.00. The summed E-state index contributed by atoms with van der Waals surface area (Å²) in [7, 11) is 0. The first-order chi connectivity index (χ1) is 9.41. The fraction of sp³-hybridized carbons (Fsp3) is 0.385. The van der Waals surface area contributed by atoms with Crippen molar-refractivity contribution in [1.82, 2.24) is 10.1 Å². The van der Waals surface area contributed by atoms with Gasteiger partial charge in [-0.15, -0.1) is 0 Å². The Kier molecular flexibility index (Phi) is 3.13. The van der Waals surface area contributed by atoms with E-state index in [1.807, 2.05) is 6.92 Å². The lowest BCUT2D eigenvalue weighted by Gasteiger charge is -2.18. The lowest BCUT2D eigenvalue weighted by molar-refractivity contribution is 0.273. The molecule has 1 aromatic heterocycles. The minimum atomic E-state index is -0.980. The molecular formula is C13H12BrF2N3O. The van der Waals surface area contributed by atoms with Gasteiger partial charge in [-0.3, -0.25) is 0 Å². The van der Waals surface area contributed by atoms with Crippen LogP contribution in [0.3, 0.4) is 0 Å². The first-order valence-electron chi connectivity index (χ1n) is 6.18. The lowest BCUT2D eigenvalue weighted by atomic mass is 9.97. The molecule has 1 heterocycles. The molecule has 20 heavy (non-hydrogen) atoms. The second-order valence-electron chi connectivity index (χ2n) is 5.20. The number of aromatic nitrogens is 2.